The SMILES string of the molecule is COC(=O)[C@H](C)N(C(C)=O)c1ccc(C(F)(F)F)cc1.COC(=O)c1sc2cc(C(F)(F)F)ccc2c1NC(C)=O. The predicted molar refractivity (Wildman–Crippen MR) is 139 cm³/mol. The fraction of sp³-hybridized carbons (Fsp3) is 0.308. The number of esters is 2. The van der Waals surface area contributed by atoms with Crippen molar-refractivity contribution in [3.8, 4) is 0 Å². The van der Waals surface area contributed by atoms with Crippen LogP contribution in [0.4, 0.5) is 37.7 Å². The fourth-order valence-corrected chi connectivity index (χ4v) is 4.69. The van der Waals surface area contributed by atoms with Crippen LogP contribution in [0.1, 0.15) is 41.6 Å². The van der Waals surface area contributed by atoms with E-state index in [0.717, 1.165) is 59.7 Å². The quantitative estimate of drug-likeness (QED) is 0.271. The molecule has 1 atom stereocenters. The van der Waals surface area contributed by atoms with E-state index < -0.39 is 53.3 Å². The Kier molecular flexibility index (Phi) is 10.5. The van der Waals surface area contributed by atoms with Crippen LogP contribution in [-0.4, -0.2) is 44.0 Å². The van der Waals surface area contributed by atoms with Crippen molar-refractivity contribution in [2.75, 3.05) is 24.4 Å². The Hall–Kier alpha value is -4.14. The summed E-state index contributed by atoms with van der Waals surface area (Å²) in [6.07, 6.45) is -8.93. The molecule has 0 aliphatic rings. The average Bonchev–Trinajstić information content (AvgIpc) is 3.24. The lowest BCUT2D eigenvalue weighted by Crippen LogP contribution is -2.42. The Labute approximate surface area is 233 Å². The zero-order chi connectivity index (χ0) is 31.3. The Balaban J connectivity index is 0.000000287. The number of nitrogens with one attached hydrogen (secondary N) is 1. The molecule has 3 rings (SSSR count). The van der Waals surface area contributed by atoms with Crippen LogP contribution in [0.15, 0.2) is 42.5 Å². The van der Waals surface area contributed by atoms with Gasteiger partial charge in [-0.15, -0.1) is 11.3 Å². The molecule has 0 aliphatic carbocycles. The summed E-state index contributed by atoms with van der Waals surface area (Å²) in [5, 5.41) is 2.82. The van der Waals surface area contributed by atoms with Crippen molar-refractivity contribution in [3.63, 3.8) is 0 Å². The molecule has 15 heteroatoms. The molecular formula is C26H24F6N2O6S. The van der Waals surface area contributed by atoms with Crippen molar-refractivity contribution < 1.29 is 55.0 Å². The molecule has 222 valence electrons. The fourth-order valence-electron chi connectivity index (χ4n) is 3.57. The molecule has 8 nitrogen and oxygen atoms in total. The van der Waals surface area contributed by atoms with E-state index in [4.69, 9.17) is 0 Å². The minimum absolute atomic E-state index is 0.0574. The highest BCUT2D eigenvalue weighted by atomic mass is 32.1. The van der Waals surface area contributed by atoms with Gasteiger partial charge in [-0.2, -0.15) is 26.3 Å². The number of benzene rings is 2. The van der Waals surface area contributed by atoms with Gasteiger partial charge in [-0.05, 0) is 43.3 Å². The first kappa shape index (κ1) is 33.1. The molecule has 0 fully saturated rings. The highest BCUT2D eigenvalue weighted by molar-refractivity contribution is 7.21. The van der Waals surface area contributed by atoms with Crippen molar-refractivity contribution in [1.82, 2.24) is 0 Å². The zero-order valence-corrected chi connectivity index (χ0v) is 23.0. The number of carbonyl (C=O) groups is 4. The van der Waals surface area contributed by atoms with Crippen LogP contribution in [0.25, 0.3) is 10.1 Å². The second kappa shape index (κ2) is 13.0. The largest absolute Gasteiger partial charge is 0.467 e. The van der Waals surface area contributed by atoms with Crippen molar-refractivity contribution in [2.24, 2.45) is 0 Å². The second-order valence-electron chi connectivity index (χ2n) is 8.32. The third kappa shape index (κ3) is 8.19. The third-order valence-electron chi connectivity index (χ3n) is 5.43. The molecule has 1 heterocycles. The lowest BCUT2D eigenvalue weighted by molar-refractivity contribution is -0.143. The van der Waals surface area contributed by atoms with E-state index in [2.05, 4.69) is 14.8 Å². The highest BCUT2D eigenvalue weighted by Gasteiger charge is 2.32. The van der Waals surface area contributed by atoms with Crippen molar-refractivity contribution in [2.45, 2.75) is 39.2 Å². The van der Waals surface area contributed by atoms with Crippen LogP contribution in [0.3, 0.4) is 0 Å². The molecule has 2 amide bonds. The number of rotatable bonds is 5. The van der Waals surface area contributed by atoms with E-state index in [1.807, 2.05) is 0 Å². The lowest BCUT2D eigenvalue weighted by atomic mass is 10.1. The predicted octanol–water partition coefficient (Wildman–Crippen LogP) is 6.28. The number of halogens is 6. The first-order valence-electron chi connectivity index (χ1n) is 11.5. The summed E-state index contributed by atoms with van der Waals surface area (Å²) in [7, 11) is 2.33. The Bertz CT molecular complexity index is 1430. The van der Waals surface area contributed by atoms with Crippen LogP contribution >= 0.6 is 11.3 Å². The van der Waals surface area contributed by atoms with E-state index in [1.54, 1.807) is 0 Å². The maximum Gasteiger partial charge on any atom is 0.416 e. The minimum atomic E-state index is -4.47. The standard InChI is InChI=1S/C13H10F3NO3S.C13H14F3NO3/c1-6(18)17-10-8-4-3-7(13(14,15)16)5-9(8)21-11(10)12(19)20-2;1-8(12(19)20-3)17(9(2)18)11-6-4-10(5-7-11)13(14,15)16/h3-5H,1-2H3,(H,17,18);4-8H,1-3H3/t;8-/m.0/s1. The number of thiophene rings is 1. The molecule has 0 aliphatic heterocycles. The smallest absolute Gasteiger partial charge is 0.416 e. The van der Waals surface area contributed by atoms with Crippen molar-refractivity contribution in [3.05, 3.63) is 58.5 Å². The van der Waals surface area contributed by atoms with Gasteiger partial charge in [0.15, 0.2) is 0 Å². The molecule has 0 radical (unpaired) electrons. The zero-order valence-electron chi connectivity index (χ0n) is 22.2. The summed E-state index contributed by atoms with van der Waals surface area (Å²) in [5.74, 6) is -2.27. The molecule has 41 heavy (non-hydrogen) atoms. The van der Waals surface area contributed by atoms with Crippen LogP contribution in [0.2, 0.25) is 0 Å². The summed E-state index contributed by atoms with van der Waals surface area (Å²) in [4.78, 5) is 47.1. The number of methoxy groups -OCH3 is 2. The monoisotopic (exact) mass is 606 g/mol. The summed E-state index contributed by atoms with van der Waals surface area (Å²) in [5.41, 5.74) is -1.27. The number of hydrogen-bond acceptors (Lipinski definition) is 7. The first-order valence-corrected chi connectivity index (χ1v) is 12.3. The van der Waals surface area contributed by atoms with Crippen molar-refractivity contribution >= 4 is 56.6 Å². The third-order valence-corrected chi connectivity index (χ3v) is 6.56. The van der Waals surface area contributed by atoms with Gasteiger partial charge in [-0.1, -0.05) is 6.07 Å². The first-order chi connectivity index (χ1) is 18.9. The number of nitrogens with zero attached hydrogens (tertiary/aromatic N) is 1. The number of fused-ring (bicyclic) bond motifs is 1. The molecule has 3 aromatic rings. The number of hydrogen-bond donors (Lipinski definition) is 1. The molecule has 0 spiro atoms. The van der Waals surface area contributed by atoms with Crippen LogP contribution < -0.4 is 10.2 Å². The van der Waals surface area contributed by atoms with Gasteiger partial charge >= 0.3 is 24.3 Å². The number of alkyl halides is 6. The van der Waals surface area contributed by atoms with Gasteiger partial charge in [0, 0.05) is 29.6 Å². The molecule has 1 aromatic heterocycles. The van der Waals surface area contributed by atoms with Gasteiger partial charge < -0.3 is 14.8 Å². The minimum Gasteiger partial charge on any atom is -0.467 e. The summed E-state index contributed by atoms with van der Waals surface area (Å²) in [6, 6.07) is 6.15. The number of anilines is 2. The molecule has 2 aromatic carbocycles. The van der Waals surface area contributed by atoms with E-state index in [0.29, 0.717) is 5.39 Å². The van der Waals surface area contributed by atoms with Gasteiger partial charge in [0.25, 0.3) is 0 Å². The van der Waals surface area contributed by atoms with E-state index in [1.165, 1.54) is 33.9 Å². The van der Waals surface area contributed by atoms with Gasteiger partial charge in [0.05, 0.1) is 31.0 Å². The maximum absolute atomic E-state index is 12.7. The molecule has 0 bridgehead atoms. The van der Waals surface area contributed by atoms with Crippen LogP contribution in [0, 0.1) is 0 Å². The average molecular weight is 607 g/mol. The van der Waals surface area contributed by atoms with Gasteiger partial charge in [0.2, 0.25) is 11.8 Å². The van der Waals surface area contributed by atoms with Gasteiger partial charge in [0.1, 0.15) is 10.9 Å². The molecule has 0 saturated carbocycles. The van der Waals surface area contributed by atoms with Gasteiger partial charge in [-0.25, -0.2) is 9.59 Å². The summed E-state index contributed by atoms with van der Waals surface area (Å²) < 4.78 is 84.9. The normalized spacial score (nSPS) is 12.1. The number of amides is 2. The highest BCUT2D eigenvalue weighted by Crippen LogP contribution is 2.40. The molecule has 0 unspecified atom stereocenters. The number of ether oxygens (including phenoxy) is 2. The van der Waals surface area contributed by atoms with E-state index >= 15 is 0 Å². The Morgan fingerprint density at radius 1 is 0.854 bits per heavy atom. The molecule has 0 saturated heterocycles. The van der Waals surface area contributed by atoms with Gasteiger partial charge in [-0.3, -0.25) is 14.5 Å². The van der Waals surface area contributed by atoms with Crippen molar-refractivity contribution in [1.29, 1.82) is 0 Å². The molecule has 1 N–H and O–H groups in total. The van der Waals surface area contributed by atoms with E-state index in [-0.39, 0.29) is 21.0 Å². The maximum atomic E-state index is 12.7. The van der Waals surface area contributed by atoms with Crippen LogP contribution in [0.5, 0.6) is 0 Å². The Morgan fingerprint density at radius 3 is 1.83 bits per heavy atom. The molecular weight excluding hydrogens is 582 g/mol. The van der Waals surface area contributed by atoms with Crippen LogP contribution in [-0.2, 0) is 36.2 Å². The number of carbonyl (C=O) groups excluding carboxylic acids is 4. The topological polar surface area (TPSA) is 102 Å². The second-order valence-corrected chi connectivity index (χ2v) is 9.37. The summed E-state index contributed by atoms with van der Waals surface area (Å²) >= 11 is 0.840. The lowest BCUT2D eigenvalue weighted by Gasteiger charge is -2.26. The van der Waals surface area contributed by atoms with E-state index in [9.17, 15) is 45.5 Å². The summed E-state index contributed by atoms with van der Waals surface area (Å²) in [6.45, 7) is 3.90. The Morgan fingerprint density at radius 2 is 1.39 bits per heavy atom.